The van der Waals surface area contributed by atoms with Gasteiger partial charge in [-0.05, 0) is 64.8 Å². The third-order valence-electron chi connectivity index (χ3n) is 15.1. The van der Waals surface area contributed by atoms with Crippen molar-refractivity contribution in [3.8, 4) is 11.8 Å². The topological polar surface area (TPSA) is 25.3 Å². The van der Waals surface area contributed by atoms with Crippen molar-refractivity contribution in [1.82, 2.24) is 0 Å². The predicted octanol–water partition coefficient (Wildman–Crippen LogP) is 25.0. The summed E-state index contributed by atoms with van der Waals surface area (Å²) in [4.78, 5) is 0. The van der Waals surface area contributed by atoms with Crippen molar-refractivity contribution >= 4 is 11.4 Å². The molecule has 3 rings (SSSR count). The number of unbranched alkanes of at least 4 members (excludes halogenated alkanes) is 39. The van der Waals surface area contributed by atoms with E-state index in [9.17, 15) is 5.53 Å². The predicted molar refractivity (Wildman–Crippen MR) is 334 cm³/mol. The van der Waals surface area contributed by atoms with Gasteiger partial charge in [-0.25, -0.2) is 4.70 Å². The molecule has 75 heavy (non-hydrogen) atoms. The molecule has 1 heterocycles. The summed E-state index contributed by atoms with van der Waals surface area (Å²) in [5.41, 5.74) is 22.1. The summed E-state index contributed by atoms with van der Waals surface area (Å²) in [5, 5.41) is 0. The molecule has 0 aromatic heterocycles. The molecule has 0 radical (unpaired) electrons. The van der Waals surface area contributed by atoms with E-state index in [1.54, 1.807) is 0 Å². The molecule has 0 fully saturated rings. The fraction of sp³-hybridized carbons (Fsp3) is 0.722. The van der Waals surface area contributed by atoms with Crippen molar-refractivity contribution in [3.05, 3.63) is 100 Å². The van der Waals surface area contributed by atoms with Crippen LogP contribution in [0.5, 0.6) is 0 Å². The Kier molecular flexibility index (Phi) is 50.6. The van der Waals surface area contributed by atoms with Crippen molar-refractivity contribution in [1.29, 1.82) is 0 Å². The third kappa shape index (κ3) is 37.9. The molecule has 3 heteroatoms. The van der Waals surface area contributed by atoms with Crippen molar-refractivity contribution < 1.29 is 21.2 Å². The molecule has 2 aromatic carbocycles. The van der Waals surface area contributed by atoms with Gasteiger partial charge in [-0.1, -0.05) is 324 Å². The fourth-order valence-electron chi connectivity index (χ4n) is 10.8. The van der Waals surface area contributed by atoms with Crippen LogP contribution in [-0.2, 0) is 16.5 Å². The SMILES string of the molecule is CCC#CC1=C(c2cc(C)cc(C)c2)[N+](=[N-])C(c2cc(C)cc(C)c2)=C1CCCC.[CH2-]CCCCCCCCCCCCCCCCCCCCC.[CH2-]CCCCCCCCCCCCCCCCCCCCC.[Ni+2]. The minimum Gasteiger partial charge on any atom is -0.493 e. The first-order valence-electron chi connectivity index (χ1n) is 32.4. The summed E-state index contributed by atoms with van der Waals surface area (Å²) >= 11 is 0. The molecular formula is C72H122N2Ni. The Bertz CT molecular complexity index is 1660. The van der Waals surface area contributed by atoms with Gasteiger partial charge in [0.25, 0.3) is 0 Å². The molecular weight excluding hydrogens is 951 g/mol. The fourth-order valence-corrected chi connectivity index (χ4v) is 10.8. The largest absolute Gasteiger partial charge is 2.00 e. The maximum absolute atomic E-state index is 11.5. The van der Waals surface area contributed by atoms with Gasteiger partial charge >= 0.3 is 16.5 Å². The molecule has 0 aliphatic carbocycles. The van der Waals surface area contributed by atoms with Crippen LogP contribution in [0.15, 0.2) is 47.5 Å². The zero-order valence-electron chi connectivity index (χ0n) is 51.2. The van der Waals surface area contributed by atoms with Gasteiger partial charge in [-0.2, -0.15) is 12.8 Å². The Morgan fingerprint density at radius 3 is 0.867 bits per heavy atom. The summed E-state index contributed by atoms with van der Waals surface area (Å²) in [7, 11) is 0. The number of hydrogen-bond acceptors (Lipinski definition) is 0. The van der Waals surface area contributed by atoms with Crippen LogP contribution >= 0.6 is 0 Å². The van der Waals surface area contributed by atoms with Crippen LogP contribution < -0.4 is 0 Å². The summed E-state index contributed by atoms with van der Waals surface area (Å²) < 4.78 is 1.40. The molecule has 0 unspecified atom stereocenters. The van der Waals surface area contributed by atoms with Gasteiger partial charge < -0.3 is 19.4 Å². The van der Waals surface area contributed by atoms with E-state index in [0.717, 1.165) is 72.2 Å². The first kappa shape index (κ1) is 72.6. The first-order chi connectivity index (χ1) is 36.2. The second-order valence-electron chi connectivity index (χ2n) is 22.8. The molecule has 0 atom stereocenters. The first-order valence-corrected chi connectivity index (χ1v) is 32.4. The van der Waals surface area contributed by atoms with E-state index in [0.29, 0.717) is 0 Å². The van der Waals surface area contributed by atoms with E-state index >= 15 is 0 Å². The minimum atomic E-state index is 0. The van der Waals surface area contributed by atoms with E-state index in [-0.39, 0.29) is 16.5 Å². The standard InChI is InChI=1S/C28H32N2.2C22H45.Ni/c1-7-9-11-25-26(12-10-8-2)28(24-17-21(5)14-22(6)18-24)30(29)27(25)23-15-19(3)13-20(4)16-23;2*1-3-5-7-9-11-13-15-17-19-21-22-20-18-16-14-12-10-8-6-4-2;/h13-18H,7-9,11H2,1-6H3;2*1,3-22H2,2H3;/q;2*-1;+2. The van der Waals surface area contributed by atoms with Crippen molar-refractivity contribution in [2.24, 2.45) is 0 Å². The van der Waals surface area contributed by atoms with Gasteiger partial charge in [0.05, 0.1) is 0 Å². The Morgan fingerprint density at radius 2 is 0.613 bits per heavy atom. The molecule has 1 aliphatic rings. The van der Waals surface area contributed by atoms with E-state index in [1.165, 1.54) is 271 Å². The quantitative estimate of drug-likeness (QED) is 0.0208. The van der Waals surface area contributed by atoms with Gasteiger partial charge in [-0.15, -0.1) is 0 Å². The van der Waals surface area contributed by atoms with Gasteiger partial charge in [0, 0.05) is 23.1 Å². The smallest absolute Gasteiger partial charge is 0.493 e. The molecule has 0 saturated heterocycles. The molecule has 0 spiro atoms. The molecule has 2 nitrogen and oxygen atoms in total. The van der Waals surface area contributed by atoms with E-state index in [1.807, 2.05) is 0 Å². The second kappa shape index (κ2) is 52.3. The molecule has 0 bridgehead atoms. The van der Waals surface area contributed by atoms with Crippen molar-refractivity contribution in [3.63, 3.8) is 0 Å². The zero-order chi connectivity index (χ0) is 54.1. The minimum absolute atomic E-state index is 0. The van der Waals surface area contributed by atoms with Crippen LogP contribution in [0.3, 0.4) is 0 Å². The number of benzene rings is 2. The Hall–Kier alpha value is -2.43. The Morgan fingerprint density at radius 1 is 0.360 bits per heavy atom. The number of nitrogens with zero attached hydrogens (tertiary/aromatic N) is 2. The van der Waals surface area contributed by atoms with Crippen molar-refractivity contribution in [2.45, 2.75) is 338 Å². The van der Waals surface area contributed by atoms with Gasteiger partial charge in [-0.3, -0.25) is 0 Å². The summed E-state index contributed by atoms with van der Waals surface area (Å²) in [6.45, 7) is 25.1. The van der Waals surface area contributed by atoms with E-state index < -0.39 is 0 Å². The molecule has 0 saturated carbocycles. The third-order valence-corrected chi connectivity index (χ3v) is 15.1. The molecule has 0 amide bonds. The van der Waals surface area contributed by atoms with E-state index in [2.05, 4.69) is 117 Å². The average molecular weight is 1070 g/mol. The molecule has 2 aromatic rings. The zero-order valence-corrected chi connectivity index (χ0v) is 52.2. The maximum Gasteiger partial charge on any atom is 2.00 e. The van der Waals surface area contributed by atoms with Crippen LogP contribution in [0.4, 0.5) is 0 Å². The van der Waals surface area contributed by atoms with Gasteiger partial charge in [0.1, 0.15) is 5.57 Å². The van der Waals surface area contributed by atoms with Gasteiger partial charge in [0.15, 0.2) is 0 Å². The van der Waals surface area contributed by atoms with Crippen LogP contribution in [0, 0.1) is 53.4 Å². The summed E-state index contributed by atoms with van der Waals surface area (Å²) in [6.07, 6.45) is 61.5. The normalized spacial score (nSPS) is 12.1. The molecule has 0 N–H and O–H groups in total. The van der Waals surface area contributed by atoms with Gasteiger partial charge in [0.2, 0.25) is 11.4 Å². The maximum atomic E-state index is 11.5. The number of hydrogen-bond donors (Lipinski definition) is 0. The van der Waals surface area contributed by atoms with E-state index in [4.69, 9.17) is 0 Å². The van der Waals surface area contributed by atoms with Crippen LogP contribution in [0.25, 0.3) is 16.9 Å². The average Bonchev–Trinajstić information content (AvgIpc) is 3.66. The number of allylic oxidation sites excluding steroid dienone is 2. The molecule has 430 valence electrons. The Labute approximate surface area is 480 Å². The summed E-state index contributed by atoms with van der Waals surface area (Å²) in [5.74, 6) is 6.67. The Balaban J connectivity index is 0.00000111. The number of rotatable bonds is 43. The van der Waals surface area contributed by atoms with Crippen LogP contribution in [0.1, 0.15) is 344 Å². The van der Waals surface area contributed by atoms with Crippen LogP contribution in [-0.4, -0.2) is 4.70 Å². The second-order valence-corrected chi connectivity index (χ2v) is 22.8. The van der Waals surface area contributed by atoms with Crippen LogP contribution in [0.2, 0.25) is 0 Å². The monoisotopic (exact) mass is 1070 g/mol. The number of aryl methyl sites for hydroxylation is 4. The van der Waals surface area contributed by atoms with Crippen molar-refractivity contribution in [2.75, 3.05) is 0 Å². The summed E-state index contributed by atoms with van der Waals surface area (Å²) in [6, 6.07) is 12.9. The molecule has 1 aliphatic heterocycles.